The third kappa shape index (κ3) is 4.76. The van der Waals surface area contributed by atoms with Gasteiger partial charge in [-0.3, -0.25) is 20.3 Å². The van der Waals surface area contributed by atoms with E-state index in [9.17, 15) is 22.8 Å². The highest BCUT2D eigenvalue weighted by Gasteiger charge is 2.50. The molecule has 2 saturated heterocycles. The molecule has 166 valence electrons. The van der Waals surface area contributed by atoms with Gasteiger partial charge in [0.05, 0.1) is 29.2 Å². The molecule has 4 atom stereocenters. The average molecular weight is 445 g/mol. The van der Waals surface area contributed by atoms with Crippen molar-refractivity contribution in [2.45, 2.75) is 55.8 Å². The third-order valence-electron chi connectivity index (χ3n) is 5.58. The fourth-order valence-electron chi connectivity index (χ4n) is 3.82. The summed E-state index contributed by atoms with van der Waals surface area (Å²) in [5, 5.41) is 6.58. The molecule has 0 aromatic heterocycles. The molecule has 2 N–H and O–H groups in total. The van der Waals surface area contributed by atoms with E-state index in [4.69, 9.17) is 0 Å². The number of hydrogen-bond acceptors (Lipinski definition) is 5. The molecule has 2 aliphatic heterocycles. The molecule has 0 aliphatic carbocycles. The summed E-state index contributed by atoms with van der Waals surface area (Å²) in [5.74, 6) is -0.300. The van der Waals surface area contributed by atoms with Crippen LogP contribution in [0, 0.1) is 5.92 Å². The van der Waals surface area contributed by atoms with Crippen LogP contribution in [0.15, 0.2) is 24.3 Å². The van der Waals surface area contributed by atoms with Crippen LogP contribution in [0.2, 0.25) is 0 Å². The lowest BCUT2D eigenvalue weighted by molar-refractivity contribution is -0.140. The molecule has 1 aromatic carbocycles. The first-order valence-electron chi connectivity index (χ1n) is 9.97. The Morgan fingerprint density at radius 2 is 1.77 bits per heavy atom. The highest BCUT2D eigenvalue weighted by Crippen LogP contribution is 2.34. The minimum Gasteiger partial charge on any atom is -0.311 e. The number of benzene rings is 1. The number of fused-ring (bicyclic) bond motifs is 1. The Kier molecular flexibility index (Phi) is 6.98. The summed E-state index contributed by atoms with van der Waals surface area (Å²) in [5.41, 5.74) is 0.0659. The maximum absolute atomic E-state index is 12.9. The number of nitrogens with one attached hydrogen (secondary N) is 2. The Morgan fingerprint density at radius 3 is 2.37 bits per heavy atom. The zero-order chi connectivity index (χ0) is 22.1. The third-order valence-corrected chi connectivity index (χ3v) is 6.87. The van der Waals surface area contributed by atoms with Crippen LogP contribution in [0.5, 0.6) is 0 Å². The Labute approximate surface area is 178 Å². The first-order valence-corrected chi connectivity index (χ1v) is 11.0. The summed E-state index contributed by atoms with van der Waals surface area (Å²) in [6.07, 6.45) is -1.98. The van der Waals surface area contributed by atoms with Gasteiger partial charge in [-0.1, -0.05) is 31.9 Å². The number of carbonyl (C=O) groups is 2. The van der Waals surface area contributed by atoms with Gasteiger partial charge in [-0.15, -0.1) is 11.8 Å². The molecule has 30 heavy (non-hydrogen) atoms. The van der Waals surface area contributed by atoms with Crippen LogP contribution < -0.4 is 10.6 Å². The summed E-state index contributed by atoms with van der Waals surface area (Å²) in [6.45, 7) is 2.09. The summed E-state index contributed by atoms with van der Waals surface area (Å²) < 4.78 is 38.3. The van der Waals surface area contributed by atoms with Gasteiger partial charge in [-0.05, 0) is 24.1 Å². The number of alkyl halides is 3. The molecular formula is C20H27F3N4O2S. The lowest BCUT2D eigenvalue weighted by Crippen LogP contribution is -2.74. The van der Waals surface area contributed by atoms with E-state index in [0.29, 0.717) is 5.75 Å². The second kappa shape index (κ2) is 9.15. The van der Waals surface area contributed by atoms with Gasteiger partial charge in [-0.2, -0.15) is 13.2 Å². The quantitative estimate of drug-likeness (QED) is 0.704. The van der Waals surface area contributed by atoms with Gasteiger partial charge in [0.1, 0.15) is 0 Å². The number of rotatable bonds is 6. The first kappa shape index (κ1) is 22.9. The molecule has 10 heteroatoms. The zero-order valence-electron chi connectivity index (χ0n) is 17.2. The monoisotopic (exact) mass is 444 g/mol. The first-order chi connectivity index (χ1) is 14.1. The van der Waals surface area contributed by atoms with E-state index in [0.717, 1.165) is 41.9 Å². The van der Waals surface area contributed by atoms with Crippen LogP contribution in [-0.2, 0) is 16.7 Å². The zero-order valence-corrected chi connectivity index (χ0v) is 18.0. The highest BCUT2D eigenvalue weighted by molar-refractivity contribution is 7.99. The summed E-state index contributed by atoms with van der Waals surface area (Å²) in [4.78, 5) is 27.9. The van der Waals surface area contributed by atoms with E-state index >= 15 is 0 Å². The number of halogens is 3. The molecular weight excluding hydrogens is 417 g/mol. The molecule has 0 saturated carbocycles. The van der Waals surface area contributed by atoms with Gasteiger partial charge in [0, 0.05) is 19.8 Å². The summed E-state index contributed by atoms with van der Waals surface area (Å²) in [6, 6.07) is 4.73. The van der Waals surface area contributed by atoms with Crippen molar-refractivity contribution in [1.82, 2.24) is 20.4 Å². The van der Waals surface area contributed by atoms with E-state index in [2.05, 4.69) is 17.6 Å². The van der Waals surface area contributed by atoms with E-state index in [1.54, 1.807) is 11.9 Å². The number of imide groups is 1. The number of hydrogen-bond donors (Lipinski definition) is 2. The maximum atomic E-state index is 12.9. The predicted molar refractivity (Wildman–Crippen MR) is 109 cm³/mol. The fourth-order valence-corrected chi connectivity index (χ4v) is 5.12. The Balaban J connectivity index is 1.76. The van der Waals surface area contributed by atoms with Gasteiger partial charge < -0.3 is 4.90 Å². The lowest BCUT2D eigenvalue weighted by Gasteiger charge is -2.50. The number of amides is 3. The van der Waals surface area contributed by atoms with Crippen LogP contribution >= 0.6 is 11.8 Å². The van der Waals surface area contributed by atoms with E-state index in [1.165, 1.54) is 30.9 Å². The number of carbonyl (C=O) groups excluding carboxylic acids is 2. The summed E-state index contributed by atoms with van der Waals surface area (Å²) >= 11 is 1.48. The number of thioether (sulfide) groups is 1. The SMILES string of the molecule is CCCCC1NC(SCc2ccc(C(F)(F)F)cc2)C2C(=O)N(C)C(=O)N(C)C2N1. The number of urea groups is 1. The minimum absolute atomic E-state index is 0.0530. The van der Waals surface area contributed by atoms with Gasteiger partial charge in [-0.25, -0.2) is 4.79 Å². The van der Waals surface area contributed by atoms with Crippen LogP contribution in [-0.4, -0.2) is 53.5 Å². The standard InChI is InChI=1S/C20H27F3N4O2S/c1-4-5-6-14-24-16-15(18(28)27(3)19(29)26(16)2)17(25-14)30-11-12-7-9-13(10-8-12)20(21,22)23/h7-10,14-17,24-25H,4-6,11H2,1-3H3. The maximum Gasteiger partial charge on any atom is 0.416 e. The predicted octanol–water partition coefficient (Wildman–Crippen LogP) is 3.44. The van der Waals surface area contributed by atoms with Gasteiger partial charge in [0.25, 0.3) is 0 Å². The normalized spacial score (nSPS) is 27.4. The van der Waals surface area contributed by atoms with Gasteiger partial charge in [0.15, 0.2) is 0 Å². The van der Waals surface area contributed by atoms with Crippen LogP contribution in [0.25, 0.3) is 0 Å². The Hall–Kier alpha value is -1.78. The van der Waals surface area contributed by atoms with Crippen molar-refractivity contribution in [3.05, 3.63) is 35.4 Å². The number of unbranched alkanes of at least 4 members (excludes halogenated alkanes) is 1. The molecule has 0 radical (unpaired) electrons. The molecule has 2 aliphatic rings. The fraction of sp³-hybridized carbons (Fsp3) is 0.600. The van der Waals surface area contributed by atoms with Crippen molar-refractivity contribution >= 4 is 23.7 Å². The molecule has 2 fully saturated rings. The minimum atomic E-state index is -4.36. The largest absolute Gasteiger partial charge is 0.416 e. The molecule has 0 spiro atoms. The van der Waals surface area contributed by atoms with Gasteiger partial charge in [0.2, 0.25) is 5.91 Å². The van der Waals surface area contributed by atoms with E-state index < -0.39 is 23.8 Å². The average Bonchev–Trinajstić information content (AvgIpc) is 2.72. The summed E-state index contributed by atoms with van der Waals surface area (Å²) in [7, 11) is 3.15. The molecule has 3 amide bonds. The van der Waals surface area contributed by atoms with Crippen LogP contribution in [0.3, 0.4) is 0 Å². The smallest absolute Gasteiger partial charge is 0.311 e. The van der Waals surface area contributed by atoms with E-state index in [-0.39, 0.29) is 23.5 Å². The van der Waals surface area contributed by atoms with Crippen LogP contribution in [0.1, 0.15) is 37.3 Å². The van der Waals surface area contributed by atoms with Crippen molar-refractivity contribution in [3.63, 3.8) is 0 Å². The van der Waals surface area contributed by atoms with Crippen molar-refractivity contribution in [2.75, 3.05) is 14.1 Å². The van der Waals surface area contributed by atoms with Crippen molar-refractivity contribution in [2.24, 2.45) is 5.92 Å². The van der Waals surface area contributed by atoms with Crippen molar-refractivity contribution in [3.8, 4) is 0 Å². The van der Waals surface area contributed by atoms with Crippen molar-refractivity contribution < 1.29 is 22.8 Å². The highest BCUT2D eigenvalue weighted by atomic mass is 32.2. The molecule has 1 aromatic rings. The molecule has 6 nitrogen and oxygen atoms in total. The molecule has 4 unspecified atom stereocenters. The Morgan fingerprint density at radius 1 is 1.10 bits per heavy atom. The molecule has 3 rings (SSSR count). The molecule has 2 heterocycles. The topological polar surface area (TPSA) is 64.7 Å². The number of nitrogens with zero attached hydrogens (tertiary/aromatic N) is 2. The van der Waals surface area contributed by atoms with Crippen molar-refractivity contribution in [1.29, 1.82) is 0 Å². The second-order valence-corrected chi connectivity index (χ2v) is 8.85. The van der Waals surface area contributed by atoms with Crippen LogP contribution in [0.4, 0.5) is 18.0 Å². The second-order valence-electron chi connectivity index (χ2n) is 7.72. The Bertz CT molecular complexity index is 774. The van der Waals surface area contributed by atoms with Gasteiger partial charge >= 0.3 is 12.2 Å². The lowest BCUT2D eigenvalue weighted by atomic mass is 9.96. The molecule has 0 bridgehead atoms. The van der Waals surface area contributed by atoms with E-state index in [1.807, 2.05) is 0 Å².